The minimum atomic E-state index is -0.191. The molecule has 2 heterocycles. The molecule has 1 fully saturated rings. The van der Waals surface area contributed by atoms with Gasteiger partial charge in [0.1, 0.15) is 11.6 Å². The summed E-state index contributed by atoms with van der Waals surface area (Å²) in [6.07, 6.45) is 0. The van der Waals surface area contributed by atoms with E-state index in [4.69, 9.17) is 14.5 Å². The molecular weight excluding hydrogens is 366 g/mol. The number of ether oxygens (including phenoxy) is 2. The topological polar surface area (TPSA) is 63.7 Å². The number of carbonyl (C=O) groups is 1. The van der Waals surface area contributed by atoms with Crippen LogP contribution in [0.15, 0.2) is 48.5 Å². The fraction of sp³-hybridized carbons (Fsp3) is 0.304. The molecule has 1 aromatic heterocycles. The van der Waals surface area contributed by atoms with Crippen LogP contribution >= 0.6 is 0 Å². The highest BCUT2D eigenvalue weighted by Gasteiger charge is 2.15. The molecule has 4 rings (SSSR count). The van der Waals surface area contributed by atoms with Crippen molar-refractivity contribution < 1.29 is 14.3 Å². The summed E-state index contributed by atoms with van der Waals surface area (Å²) in [6, 6.07) is 15.2. The molecule has 3 aromatic rings. The summed E-state index contributed by atoms with van der Waals surface area (Å²) in [5.41, 5.74) is 3.30. The molecule has 0 bridgehead atoms. The third-order valence-corrected chi connectivity index (χ3v) is 5.03. The maximum absolute atomic E-state index is 12.8. The molecular formula is C23H25N3O3. The van der Waals surface area contributed by atoms with Crippen LogP contribution in [0.25, 0.3) is 10.9 Å². The van der Waals surface area contributed by atoms with E-state index < -0.39 is 0 Å². The average molecular weight is 391 g/mol. The number of pyridine rings is 1. The number of amides is 1. The number of nitrogens with zero attached hydrogens (tertiary/aromatic N) is 2. The maximum Gasteiger partial charge on any atom is 0.259 e. The first-order chi connectivity index (χ1) is 14.2. The lowest BCUT2D eigenvalue weighted by Crippen LogP contribution is -2.36. The first-order valence-electron chi connectivity index (χ1n) is 9.93. The fourth-order valence-electron chi connectivity index (χ4n) is 3.54. The summed E-state index contributed by atoms with van der Waals surface area (Å²) in [6.45, 7) is 7.65. The molecule has 1 saturated heterocycles. The molecule has 6 heteroatoms. The molecule has 1 aliphatic heterocycles. The van der Waals surface area contributed by atoms with E-state index in [1.807, 2.05) is 37.3 Å². The highest BCUT2D eigenvalue weighted by Crippen LogP contribution is 2.27. The van der Waals surface area contributed by atoms with Crippen LogP contribution in [-0.4, -0.2) is 43.8 Å². The molecule has 29 heavy (non-hydrogen) atoms. The molecule has 6 nitrogen and oxygen atoms in total. The SMILES string of the molecule is CCOc1ccccc1C(=O)Nc1ccc2nc(N3CCOCC3)cc(C)c2c1. The number of nitrogens with one attached hydrogen (secondary N) is 1. The van der Waals surface area contributed by atoms with Crippen molar-refractivity contribution in [3.05, 3.63) is 59.7 Å². The minimum Gasteiger partial charge on any atom is -0.493 e. The third kappa shape index (κ3) is 4.17. The summed E-state index contributed by atoms with van der Waals surface area (Å²) in [5.74, 6) is 1.37. The van der Waals surface area contributed by atoms with Gasteiger partial charge in [0.15, 0.2) is 0 Å². The number of aryl methyl sites for hydroxylation is 1. The van der Waals surface area contributed by atoms with Gasteiger partial charge in [-0.15, -0.1) is 0 Å². The van der Waals surface area contributed by atoms with Gasteiger partial charge in [0.05, 0.1) is 30.9 Å². The first kappa shape index (κ1) is 19.2. The lowest BCUT2D eigenvalue weighted by Gasteiger charge is -2.28. The van der Waals surface area contributed by atoms with Crippen LogP contribution in [-0.2, 0) is 4.74 Å². The van der Waals surface area contributed by atoms with Crippen molar-refractivity contribution >= 4 is 28.3 Å². The minimum absolute atomic E-state index is 0.191. The lowest BCUT2D eigenvalue weighted by atomic mass is 10.1. The van der Waals surface area contributed by atoms with Crippen molar-refractivity contribution in [2.45, 2.75) is 13.8 Å². The molecule has 0 aliphatic carbocycles. The van der Waals surface area contributed by atoms with Crippen LogP contribution < -0.4 is 15.0 Å². The van der Waals surface area contributed by atoms with Gasteiger partial charge in [-0.05, 0) is 55.8 Å². The summed E-state index contributed by atoms with van der Waals surface area (Å²) in [4.78, 5) is 19.8. The number of rotatable bonds is 5. The number of fused-ring (bicyclic) bond motifs is 1. The molecule has 0 saturated carbocycles. The van der Waals surface area contributed by atoms with Gasteiger partial charge in [-0.1, -0.05) is 12.1 Å². The number of morpholine rings is 1. The maximum atomic E-state index is 12.8. The Morgan fingerprint density at radius 3 is 2.76 bits per heavy atom. The Morgan fingerprint density at radius 1 is 1.17 bits per heavy atom. The largest absolute Gasteiger partial charge is 0.493 e. The van der Waals surface area contributed by atoms with Crippen molar-refractivity contribution in [2.75, 3.05) is 43.1 Å². The Kier molecular flexibility index (Phi) is 5.62. The first-order valence-corrected chi connectivity index (χ1v) is 9.93. The predicted octanol–water partition coefficient (Wildman–Crippen LogP) is 4.03. The second kappa shape index (κ2) is 8.49. The van der Waals surface area contributed by atoms with Crippen molar-refractivity contribution in [2.24, 2.45) is 0 Å². The van der Waals surface area contributed by atoms with Crippen LogP contribution in [0.2, 0.25) is 0 Å². The van der Waals surface area contributed by atoms with E-state index in [9.17, 15) is 4.79 Å². The molecule has 0 unspecified atom stereocenters. The van der Waals surface area contributed by atoms with E-state index >= 15 is 0 Å². The van der Waals surface area contributed by atoms with Gasteiger partial charge >= 0.3 is 0 Å². The molecule has 1 aliphatic rings. The van der Waals surface area contributed by atoms with Crippen LogP contribution in [0.4, 0.5) is 11.5 Å². The molecule has 0 atom stereocenters. The smallest absolute Gasteiger partial charge is 0.259 e. The number of para-hydroxylation sites is 1. The Bertz CT molecular complexity index is 1030. The second-order valence-corrected chi connectivity index (χ2v) is 7.01. The Labute approximate surface area is 170 Å². The molecule has 2 aromatic carbocycles. The van der Waals surface area contributed by atoms with E-state index in [0.717, 1.165) is 54.3 Å². The molecule has 150 valence electrons. The summed E-state index contributed by atoms with van der Waals surface area (Å²) >= 11 is 0. The van der Waals surface area contributed by atoms with Gasteiger partial charge in [0.25, 0.3) is 5.91 Å². The Balaban J connectivity index is 1.59. The van der Waals surface area contributed by atoms with Crippen molar-refractivity contribution in [3.63, 3.8) is 0 Å². The van der Waals surface area contributed by atoms with Crippen molar-refractivity contribution in [1.82, 2.24) is 4.98 Å². The van der Waals surface area contributed by atoms with Gasteiger partial charge in [-0.3, -0.25) is 4.79 Å². The number of anilines is 2. The third-order valence-electron chi connectivity index (χ3n) is 5.03. The number of benzene rings is 2. The fourth-order valence-corrected chi connectivity index (χ4v) is 3.54. The molecule has 1 amide bonds. The zero-order valence-electron chi connectivity index (χ0n) is 16.8. The van der Waals surface area contributed by atoms with Gasteiger partial charge < -0.3 is 19.7 Å². The van der Waals surface area contributed by atoms with Crippen LogP contribution in [0.3, 0.4) is 0 Å². The number of aromatic nitrogens is 1. The highest BCUT2D eigenvalue weighted by molar-refractivity contribution is 6.07. The predicted molar refractivity (Wildman–Crippen MR) is 115 cm³/mol. The zero-order chi connectivity index (χ0) is 20.2. The molecule has 0 radical (unpaired) electrons. The van der Waals surface area contributed by atoms with Gasteiger partial charge in [-0.25, -0.2) is 4.98 Å². The van der Waals surface area contributed by atoms with E-state index in [1.54, 1.807) is 12.1 Å². The Morgan fingerprint density at radius 2 is 1.97 bits per heavy atom. The molecule has 0 spiro atoms. The number of hydrogen-bond donors (Lipinski definition) is 1. The van der Waals surface area contributed by atoms with Crippen molar-refractivity contribution in [3.8, 4) is 5.75 Å². The zero-order valence-corrected chi connectivity index (χ0v) is 16.8. The number of hydrogen-bond acceptors (Lipinski definition) is 5. The van der Waals surface area contributed by atoms with Gasteiger partial charge in [0.2, 0.25) is 0 Å². The van der Waals surface area contributed by atoms with Crippen LogP contribution in [0, 0.1) is 6.92 Å². The summed E-state index contributed by atoms with van der Waals surface area (Å²) in [7, 11) is 0. The second-order valence-electron chi connectivity index (χ2n) is 7.01. The van der Waals surface area contributed by atoms with E-state index in [1.165, 1.54) is 0 Å². The van der Waals surface area contributed by atoms with E-state index in [2.05, 4.69) is 23.2 Å². The highest BCUT2D eigenvalue weighted by atomic mass is 16.5. The average Bonchev–Trinajstić information content (AvgIpc) is 2.75. The Hall–Kier alpha value is -3.12. The van der Waals surface area contributed by atoms with E-state index in [-0.39, 0.29) is 5.91 Å². The number of carbonyl (C=O) groups excluding carboxylic acids is 1. The quantitative estimate of drug-likeness (QED) is 0.711. The van der Waals surface area contributed by atoms with Gasteiger partial charge in [-0.2, -0.15) is 0 Å². The normalized spacial score (nSPS) is 14.1. The van der Waals surface area contributed by atoms with E-state index in [0.29, 0.717) is 17.9 Å². The summed E-state index contributed by atoms with van der Waals surface area (Å²) < 4.78 is 11.0. The standard InChI is InChI=1S/C23H25N3O3/c1-3-29-21-7-5-4-6-18(21)23(27)24-17-8-9-20-19(15-17)16(2)14-22(25-20)26-10-12-28-13-11-26/h4-9,14-15H,3,10-13H2,1-2H3,(H,24,27). The lowest BCUT2D eigenvalue weighted by molar-refractivity contribution is 0.102. The molecule has 1 N–H and O–H groups in total. The van der Waals surface area contributed by atoms with Gasteiger partial charge in [0, 0.05) is 24.2 Å². The van der Waals surface area contributed by atoms with Crippen molar-refractivity contribution in [1.29, 1.82) is 0 Å². The monoisotopic (exact) mass is 391 g/mol. The van der Waals surface area contributed by atoms with Crippen LogP contribution in [0.1, 0.15) is 22.8 Å². The van der Waals surface area contributed by atoms with Crippen LogP contribution in [0.5, 0.6) is 5.75 Å². The summed E-state index contributed by atoms with van der Waals surface area (Å²) in [5, 5.41) is 4.01.